The number of aliphatic hydroxyl groups is 1. The highest BCUT2D eigenvalue weighted by molar-refractivity contribution is 5.77. The van der Waals surface area contributed by atoms with Crippen LogP contribution in [0.15, 0.2) is 0 Å². The molecule has 32 heavy (non-hydrogen) atoms. The summed E-state index contributed by atoms with van der Waals surface area (Å²) in [5, 5.41) is 15.1. The maximum Gasteiger partial charge on any atom is 0.132 e. The van der Waals surface area contributed by atoms with E-state index in [1.165, 1.54) is 38.5 Å². The first kappa shape index (κ1) is 24.7. The first-order valence-corrected chi connectivity index (χ1v) is 13.9. The molecule has 0 amide bonds. The summed E-state index contributed by atoms with van der Waals surface area (Å²) in [6.07, 6.45) is 12.3. The Balaban J connectivity index is 1.47. The fraction of sp³-hybridized carbons (Fsp3) is 0.964. The number of nitrogens with one attached hydrogen (secondary N) is 1. The Morgan fingerprint density at radius 2 is 1.78 bits per heavy atom. The van der Waals surface area contributed by atoms with Crippen LogP contribution < -0.4 is 11.1 Å². The summed E-state index contributed by atoms with van der Waals surface area (Å²) in [6, 6.07) is 0.527. The molecule has 4 unspecified atom stereocenters. The van der Waals surface area contributed by atoms with Crippen molar-refractivity contribution in [3.63, 3.8) is 0 Å². The van der Waals surface area contributed by atoms with E-state index in [0.717, 1.165) is 50.0 Å². The van der Waals surface area contributed by atoms with Gasteiger partial charge in [-0.05, 0) is 104 Å². The van der Waals surface area contributed by atoms with E-state index in [-0.39, 0.29) is 6.10 Å². The van der Waals surface area contributed by atoms with Crippen LogP contribution in [0.3, 0.4) is 0 Å². The van der Waals surface area contributed by atoms with Gasteiger partial charge in [0.15, 0.2) is 0 Å². The average Bonchev–Trinajstić information content (AvgIpc) is 3.13. The highest BCUT2D eigenvalue weighted by atomic mass is 16.3. The molecule has 0 spiro atoms. The smallest absolute Gasteiger partial charge is 0.132 e. The van der Waals surface area contributed by atoms with Gasteiger partial charge in [0.2, 0.25) is 0 Å². The van der Waals surface area contributed by atoms with Crippen LogP contribution in [0.25, 0.3) is 0 Å². The average molecular weight is 447 g/mol. The lowest BCUT2D eigenvalue weighted by molar-refractivity contribution is -0.162. The Morgan fingerprint density at radius 1 is 1.06 bits per heavy atom. The Morgan fingerprint density at radius 3 is 2.50 bits per heavy atom. The molecule has 4 heteroatoms. The predicted molar refractivity (Wildman–Crippen MR) is 131 cm³/mol. The molecule has 0 radical (unpaired) electrons. The molecule has 4 aliphatic carbocycles. The van der Waals surface area contributed by atoms with E-state index in [1.807, 2.05) is 6.92 Å². The van der Waals surface area contributed by atoms with E-state index < -0.39 is 0 Å². The molecule has 4 rings (SSSR count). The van der Waals surface area contributed by atoms with Gasteiger partial charge in [0.1, 0.15) is 5.78 Å². The third-order valence-corrected chi connectivity index (χ3v) is 11.3. The van der Waals surface area contributed by atoms with Crippen molar-refractivity contribution in [2.24, 2.45) is 52.1 Å². The van der Waals surface area contributed by atoms with Crippen LogP contribution >= 0.6 is 0 Å². The first-order valence-electron chi connectivity index (χ1n) is 13.9. The molecule has 4 saturated carbocycles. The summed E-state index contributed by atoms with van der Waals surface area (Å²) in [4.78, 5) is 11.9. The highest BCUT2D eigenvalue weighted by Crippen LogP contribution is 2.68. The number of hydrogen-bond donors (Lipinski definition) is 3. The standard InChI is InChI=1S/C28H50N2O2/c1-5-20(31)7-6-18(2)22-8-9-23-21-17-26(32)25-16-19(30-15-14-29)10-12-28(25,4)24(21)11-13-27(22,23)3/h18-19,21-26,30,32H,5-17,29H2,1-4H3/t18-,19?,21?,22-,23?,24?,25+,26+,27-,28-/m1/s1. The number of Topliss-reactive ketones (excluding diaryl/α,β-unsaturated/α-hetero) is 1. The van der Waals surface area contributed by atoms with Gasteiger partial charge in [0.05, 0.1) is 6.10 Å². The zero-order valence-electron chi connectivity index (χ0n) is 21.2. The fourth-order valence-corrected chi connectivity index (χ4v) is 9.51. The second-order valence-corrected chi connectivity index (χ2v) is 12.6. The van der Waals surface area contributed by atoms with E-state index in [4.69, 9.17) is 5.73 Å². The molecule has 4 aliphatic rings. The molecule has 4 fully saturated rings. The minimum Gasteiger partial charge on any atom is -0.393 e. The second kappa shape index (κ2) is 9.66. The van der Waals surface area contributed by atoms with Crippen LogP contribution in [0, 0.1) is 46.3 Å². The molecule has 4 nitrogen and oxygen atoms in total. The summed E-state index contributed by atoms with van der Waals surface area (Å²) in [7, 11) is 0. The SMILES string of the molecule is CCC(=O)CC[C@@H](C)[C@H]1CCC2C3C[C@H](O)[C@@H]4CC(NCCN)CC[C@]4(C)C3CC[C@@]21C. The topological polar surface area (TPSA) is 75.3 Å². The number of aliphatic hydroxyl groups excluding tert-OH is 1. The number of ketones is 1. The Kier molecular flexibility index (Phi) is 7.45. The summed E-state index contributed by atoms with van der Waals surface area (Å²) in [5.41, 5.74) is 6.42. The van der Waals surface area contributed by atoms with Crippen molar-refractivity contribution in [3.8, 4) is 0 Å². The molecule has 0 bridgehead atoms. The van der Waals surface area contributed by atoms with Gasteiger partial charge in [0.25, 0.3) is 0 Å². The van der Waals surface area contributed by atoms with Crippen molar-refractivity contribution in [1.82, 2.24) is 5.32 Å². The maximum absolute atomic E-state index is 11.9. The molecule has 4 N–H and O–H groups in total. The minimum absolute atomic E-state index is 0.148. The molecule has 0 aromatic heterocycles. The van der Waals surface area contributed by atoms with Crippen molar-refractivity contribution in [2.45, 2.75) is 110 Å². The van der Waals surface area contributed by atoms with E-state index in [1.54, 1.807) is 0 Å². The van der Waals surface area contributed by atoms with Gasteiger partial charge in [-0.15, -0.1) is 0 Å². The number of fused-ring (bicyclic) bond motifs is 5. The monoisotopic (exact) mass is 446 g/mol. The second-order valence-electron chi connectivity index (χ2n) is 12.6. The van der Waals surface area contributed by atoms with Crippen molar-refractivity contribution in [3.05, 3.63) is 0 Å². The normalized spacial score (nSPS) is 46.8. The molecular formula is C28H50N2O2. The molecule has 10 atom stereocenters. The molecular weight excluding hydrogens is 396 g/mol. The third kappa shape index (κ3) is 4.22. The lowest BCUT2D eigenvalue weighted by Crippen LogP contribution is -2.59. The van der Waals surface area contributed by atoms with Gasteiger partial charge >= 0.3 is 0 Å². The van der Waals surface area contributed by atoms with Gasteiger partial charge < -0.3 is 16.2 Å². The van der Waals surface area contributed by atoms with Crippen molar-refractivity contribution >= 4 is 5.78 Å². The first-order chi connectivity index (χ1) is 15.2. The quantitative estimate of drug-likeness (QED) is 0.494. The van der Waals surface area contributed by atoms with E-state index >= 15 is 0 Å². The Bertz CT molecular complexity index is 668. The number of rotatable bonds is 8. The number of carbonyl (C=O) groups is 1. The van der Waals surface area contributed by atoms with Crippen molar-refractivity contribution in [2.75, 3.05) is 13.1 Å². The summed E-state index contributed by atoms with van der Waals surface area (Å²) in [6.45, 7) is 11.1. The lowest BCUT2D eigenvalue weighted by atomic mass is 9.43. The lowest BCUT2D eigenvalue weighted by Gasteiger charge is -2.62. The number of carbonyl (C=O) groups excluding carboxylic acids is 1. The molecule has 184 valence electrons. The van der Waals surface area contributed by atoms with E-state index in [2.05, 4.69) is 26.1 Å². The van der Waals surface area contributed by atoms with Gasteiger partial charge in [-0.2, -0.15) is 0 Å². The van der Waals surface area contributed by atoms with Crippen LogP contribution in [0.2, 0.25) is 0 Å². The molecule has 0 aromatic rings. The summed E-state index contributed by atoms with van der Waals surface area (Å²) >= 11 is 0. The van der Waals surface area contributed by atoms with E-state index in [9.17, 15) is 9.90 Å². The van der Waals surface area contributed by atoms with E-state index in [0.29, 0.717) is 53.4 Å². The van der Waals surface area contributed by atoms with Crippen molar-refractivity contribution in [1.29, 1.82) is 0 Å². The Hall–Kier alpha value is -0.450. The molecule has 0 aliphatic heterocycles. The number of nitrogens with two attached hydrogens (primary N) is 1. The predicted octanol–water partition coefficient (Wildman–Crippen LogP) is 4.93. The van der Waals surface area contributed by atoms with Gasteiger partial charge in [-0.3, -0.25) is 4.79 Å². The van der Waals surface area contributed by atoms with Crippen LogP contribution in [0.5, 0.6) is 0 Å². The van der Waals surface area contributed by atoms with Crippen LogP contribution in [-0.2, 0) is 4.79 Å². The van der Waals surface area contributed by atoms with Crippen LogP contribution in [-0.4, -0.2) is 36.1 Å². The van der Waals surface area contributed by atoms with Gasteiger partial charge in [0, 0.05) is 32.0 Å². The third-order valence-electron chi connectivity index (χ3n) is 11.3. The highest BCUT2D eigenvalue weighted by Gasteiger charge is 2.62. The summed E-state index contributed by atoms with van der Waals surface area (Å²) in [5.74, 6) is 4.47. The fourth-order valence-electron chi connectivity index (χ4n) is 9.51. The zero-order valence-corrected chi connectivity index (χ0v) is 21.2. The molecule has 0 heterocycles. The molecule has 0 aromatic carbocycles. The summed E-state index contributed by atoms with van der Waals surface area (Å²) < 4.78 is 0. The molecule has 0 saturated heterocycles. The number of hydrogen-bond acceptors (Lipinski definition) is 4. The minimum atomic E-state index is -0.148. The van der Waals surface area contributed by atoms with Gasteiger partial charge in [-0.1, -0.05) is 27.7 Å². The maximum atomic E-state index is 11.9. The zero-order chi connectivity index (χ0) is 23.1. The van der Waals surface area contributed by atoms with Crippen LogP contribution in [0.1, 0.15) is 98.3 Å². The Labute approximate surface area is 196 Å². The van der Waals surface area contributed by atoms with Crippen molar-refractivity contribution < 1.29 is 9.90 Å². The largest absolute Gasteiger partial charge is 0.393 e. The van der Waals surface area contributed by atoms with Crippen LogP contribution in [0.4, 0.5) is 0 Å². The van der Waals surface area contributed by atoms with Gasteiger partial charge in [-0.25, -0.2) is 0 Å².